The number of benzene rings is 1. The summed E-state index contributed by atoms with van der Waals surface area (Å²) in [7, 11) is 1.49. The second kappa shape index (κ2) is 5.93. The van der Waals surface area contributed by atoms with E-state index in [4.69, 9.17) is 4.74 Å². The molecule has 1 fully saturated rings. The normalized spacial score (nSPS) is 23.3. The van der Waals surface area contributed by atoms with Crippen LogP contribution in [-0.2, 0) is 6.54 Å². The molecule has 0 spiro atoms. The molecule has 1 atom stereocenters. The van der Waals surface area contributed by atoms with Gasteiger partial charge < -0.3 is 10.1 Å². The van der Waals surface area contributed by atoms with Crippen LogP contribution < -0.4 is 10.1 Å². The van der Waals surface area contributed by atoms with Crippen molar-refractivity contribution in [1.82, 2.24) is 5.32 Å². The van der Waals surface area contributed by atoms with Crippen LogP contribution in [0.2, 0.25) is 0 Å². The zero-order chi connectivity index (χ0) is 13.0. The molecular weight excluding hydrogens is 249 g/mol. The molecule has 0 radical (unpaired) electrons. The first-order chi connectivity index (χ1) is 8.64. The molecule has 100 valence electrons. The molecule has 4 heteroatoms. The number of methoxy groups -OCH3 is 1. The highest BCUT2D eigenvalue weighted by Crippen LogP contribution is 2.37. The molecule has 1 aliphatic rings. The van der Waals surface area contributed by atoms with Crippen LogP contribution in [0.3, 0.4) is 0 Å². The first kappa shape index (κ1) is 13.7. The number of hydrogen-bond donors (Lipinski definition) is 1. The van der Waals surface area contributed by atoms with E-state index in [2.05, 4.69) is 12.2 Å². The summed E-state index contributed by atoms with van der Waals surface area (Å²) >= 11 is 2.01. The first-order valence-electron chi connectivity index (χ1n) is 6.31. The highest BCUT2D eigenvalue weighted by molar-refractivity contribution is 8.00. The smallest absolute Gasteiger partial charge is 0.169 e. The molecule has 18 heavy (non-hydrogen) atoms. The maximum Gasteiger partial charge on any atom is 0.169 e. The molecule has 1 heterocycles. The maximum absolute atomic E-state index is 13.9. The Morgan fingerprint density at radius 1 is 1.50 bits per heavy atom. The molecule has 0 aliphatic carbocycles. The Balaban J connectivity index is 1.90. The van der Waals surface area contributed by atoms with Gasteiger partial charge in [-0.05, 0) is 31.6 Å². The summed E-state index contributed by atoms with van der Waals surface area (Å²) in [5.41, 5.74) is 0.668. The fraction of sp³-hybridized carbons (Fsp3) is 0.571. The van der Waals surface area contributed by atoms with E-state index in [9.17, 15) is 4.39 Å². The molecule has 1 aromatic carbocycles. The molecule has 1 saturated heterocycles. The van der Waals surface area contributed by atoms with Gasteiger partial charge in [-0.15, -0.1) is 0 Å². The summed E-state index contributed by atoms with van der Waals surface area (Å²) in [6.07, 6.45) is 2.53. The maximum atomic E-state index is 13.9. The van der Waals surface area contributed by atoms with Gasteiger partial charge in [0.05, 0.1) is 7.11 Å². The van der Waals surface area contributed by atoms with E-state index in [1.807, 2.05) is 17.8 Å². The van der Waals surface area contributed by atoms with Crippen molar-refractivity contribution >= 4 is 11.8 Å². The van der Waals surface area contributed by atoms with Gasteiger partial charge in [0.2, 0.25) is 0 Å². The van der Waals surface area contributed by atoms with E-state index < -0.39 is 0 Å². The molecule has 0 amide bonds. The number of ether oxygens (including phenoxy) is 1. The molecule has 1 unspecified atom stereocenters. The number of hydrogen-bond acceptors (Lipinski definition) is 3. The van der Waals surface area contributed by atoms with Crippen molar-refractivity contribution in [3.05, 3.63) is 29.6 Å². The largest absolute Gasteiger partial charge is 0.494 e. The van der Waals surface area contributed by atoms with E-state index in [1.54, 1.807) is 12.1 Å². The van der Waals surface area contributed by atoms with Gasteiger partial charge in [0.25, 0.3) is 0 Å². The number of halogens is 1. The molecule has 1 aromatic rings. The lowest BCUT2D eigenvalue weighted by molar-refractivity contribution is 0.383. The standard InChI is InChI=1S/C14H20FNOS/c1-14(7-4-8-18-14)10-16-9-11-5-3-6-12(17-2)13(11)15/h3,5-6,16H,4,7-10H2,1-2H3. The molecule has 0 bridgehead atoms. The van der Waals surface area contributed by atoms with E-state index in [0.717, 1.165) is 6.54 Å². The highest BCUT2D eigenvalue weighted by Gasteiger charge is 2.28. The molecule has 0 saturated carbocycles. The third-order valence-corrected chi connectivity index (χ3v) is 4.92. The second-order valence-corrected chi connectivity index (χ2v) is 6.62. The van der Waals surface area contributed by atoms with Crippen molar-refractivity contribution < 1.29 is 9.13 Å². The Morgan fingerprint density at radius 3 is 3.00 bits per heavy atom. The van der Waals surface area contributed by atoms with Crippen molar-refractivity contribution in [1.29, 1.82) is 0 Å². The minimum atomic E-state index is -0.253. The average Bonchev–Trinajstić information content (AvgIpc) is 2.79. The van der Waals surface area contributed by atoms with Crippen LogP contribution in [0.5, 0.6) is 5.75 Å². The van der Waals surface area contributed by atoms with E-state index in [-0.39, 0.29) is 5.82 Å². The lowest BCUT2D eigenvalue weighted by Gasteiger charge is -2.23. The molecule has 2 nitrogen and oxygen atoms in total. The van der Waals surface area contributed by atoms with Crippen molar-refractivity contribution in [2.75, 3.05) is 19.4 Å². The first-order valence-corrected chi connectivity index (χ1v) is 7.29. The minimum Gasteiger partial charge on any atom is -0.494 e. The van der Waals surface area contributed by atoms with Crippen LogP contribution in [0.4, 0.5) is 4.39 Å². The van der Waals surface area contributed by atoms with Crippen LogP contribution in [0.25, 0.3) is 0 Å². The summed E-state index contributed by atoms with van der Waals surface area (Å²) < 4.78 is 19.2. The Morgan fingerprint density at radius 2 is 2.33 bits per heavy atom. The monoisotopic (exact) mass is 269 g/mol. The third kappa shape index (κ3) is 3.18. The Labute approximate surface area is 112 Å². The summed E-state index contributed by atoms with van der Waals surface area (Å²) in [6, 6.07) is 5.27. The summed E-state index contributed by atoms with van der Waals surface area (Å²) in [5.74, 6) is 1.30. The lowest BCUT2D eigenvalue weighted by atomic mass is 10.1. The molecular formula is C14H20FNOS. The Hall–Kier alpha value is -0.740. The predicted molar refractivity (Wildman–Crippen MR) is 74.8 cm³/mol. The summed E-state index contributed by atoms with van der Waals surface area (Å²) in [6.45, 7) is 3.76. The quantitative estimate of drug-likeness (QED) is 0.887. The van der Waals surface area contributed by atoms with Gasteiger partial charge in [-0.25, -0.2) is 4.39 Å². The highest BCUT2D eigenvalue weighted by atomic mass is 32.2. The minimum absolute atomic E-state index is 0.253. The van der Waals surface area contributed by atoms with E-state index in [1.165, 1.54) is 25.7 Å². The van der Waals surface area contributed by atoms with Gasteiger partial charge in [-0.2, -0.15) is 11.8 Å². The van der Waals surface area contributed by atoms with Gasteiger partial charge in [-0.3, -0.25) is 0 Å². The third-order valence-electron chi connectivity index (χ3n) is 3.38. The van der Waals surface area contributed by atoms with Gasteiger partial charge in [0.15, 0.2) is 11.6 Å². The lowest BCUT2D eigenvalue weighted by Crippen LogP contribution is -2.32. The Bertz CT molecular complexity index is 405. The summed E-state index contributed by atoms with van der Waals surface area (Å²) in [4.78, 5) is 0. The van der Waals surface area contributed by atoms with Gasteiger partial charge in [0, 0.05) is 23.4 Å². The number of rotatable bonds is 5. The molecule has 0 aromatic heterocycles. The van der Waals surface area contributed by atoms with Crippen molar-refractivity contribution in [3.63, 3.8) is 0 Å². The van der Waals surface area contributed by atoms with Crippen molar-refractivity contribution in [2.24, 2.45) is 0 Å². The van der Waals surface area contributed by atoms with Gasteiger partial charge in [0.1, 0.15) is 0 Å². The summed E-state index contributed by atoms with van der Waals surface area (Å²) in [5, 5.41) is 3.36. The topological polar surface area (TPSA) is 21.3 Å². The van der Waals surface area contributed by atoms with Crippen LogP contribution in [0.15, 0.2) is 18.2 Å². The molecule has 2 rings (SSSR count). The van der Waals surface area contributed by atoms with E-state index >= 15 is 0 Å². The zero-order valence-electron chi connectivity index (χ0n) is 11.0. The second-order valence-electron chi connectivity index (χ2n) is 4.94. The molecule has 1 N–H and O–H groups in total. The SMILES string of the molecule is COc1cccc(CNCC2(C)CCCS2)c1F. The number of thioether (sulfide) groups is 1. The Kier molecular flexibility index (Phi) is 4.51. The van der Waals surface area contributed by atoms with Crippen LogP contribution in [0, 0.1) is 5.82 Å². The van der Waals surface area contributed by atoms with Gasteiger partial charge >= 0.3 is 0 Å². The van der Waals surface area contributed by atoms with Gasteiger partial charge in [-0.1, -0.05) is 12.1 Å². The van der Waals surface area contributed by atoms with Crippen LogP contribution in [0.1, 0.15) is 25.3 Å². The number of nitrogens with one attached hydrogen (secondary N) is 1. The fourth-order valence-electron chi connectivity index (χ4n) is 2.29. The fourth-order valence-corrected chi connectivity index (χ4v) is 3.56. The van der Waals surface area contributed by atoms with Crippen LogP contribution in [-0.4, -0.2) is 24.2 Å². The zero-order valence-corrected chi connectivity index (χ0v) is 11.8. The molecule has 1 aliphatic heterocycles. The van der Waals surface area contributed by atoms with E-state index in [0.29, 0.717) is 22.6 Å². The average molecular weight is 269 g/mol. The van der Waals surface area contributed by atoms with Crippen molar-refractivity contribution in [3.8, 4) is 5.75 Å². The van der Waals surface area contributed by atoms with Crippen LogP contribution >= 0.6 is 11.8 Å². The van der Waals surface area contributed by atoms with Crippen molar-refractivity contribution in [2.45, 2.75) is 31.1 Å². The predicted octanol–water partition coefficient (Wildman–Crippen LogP) is 3.21.